The second kappa shape index (κ2) is 6.14. The number of rotatable bonds is 2. The van der Waals surface area contributed by atoms with Gasteiger partial charge in [-0.15, -0.1) is 0 Å². The molecular weight excluding hydrogens is 352 g/mol. The van der Waals surface area contributed by atoms with E-state index >= 15 is 0 Å². The average Bonchev–Trinajstić information content (AvgIpc) is 2.90. The van der Waals surface area contributed by atoms with Crippen LogP contribution in [0.2, 0.25) is 0 Å². The standard InChI is InChI=1S/C24H32O4/c1-14-12-18-19(22(4)9-6-17(27)13-21(14)22)7-10-23(5)20(18)8-11-24(23,15(2)25)28-16(3)26/h13,18-20H,1,6-12H2,2-5H3/t18?,19?,20?,22-,23+,24-/m1/s1. The van der Waals surface area contributed by atoms with E-state index in [1.165, 1.54) is 12.5 Å². The van der Waals surface area contributed by atoms with Crippen LogP contribution in [0.1, 0.15) is 72.6 Å². The van der Waals surface area contributed by atoms with E-state index in [1.54, 1.807) is 6.92 Å². The van der Waals surface area contributed by atoms with Crippen LogP contribution >= 0.6 is 0 Å². The topological polar surface area (TPSA) is 60.4 Å². The molecule has 4 rings (SSSR count). The Labute approximate surface area is 167 Å². The first kappa shape index (κ1) is 19.6. The molecular formula is C24H32O4. The number of ketones is 2. The molecule has 0 spiro atoms. The van der Waals surface area contributed by atoms with Gasteiger partial charge in [0.1, 0.15) is 0 Å². The maximum atomic E-state index is 12.8. The van der Waals surface area contributed by atoms with Crippen molar-refractivity contribution in [2.75, 3.05) is 0 Å². The van der Waals surface area contributed by atoms with E-state index in [4.69, 9.17) is 4.74 Å². The lowest BCUT2D eigenvalue weighted by molar-refractivity contribution is -0.186. The number of fused-ring (bicyclic) bond motifs is 5. The van der Waals surface area contributed by atoms with Gasteiger partial charge in [-0.1, -0.05) is 26.0 Å². The van der Waals surface area contributed by atoms with Crippen LogP contribution in [0.4, 0.5) is 0 Å². The second-order valence-electron chi connectivity index (χ2n) is 10.1. The fourth-order valence-corrected chi connectivity index (χ4v) is 7.63. The third-order valence-corrected chi connectivity index (χ3v) is 8.94. The largest absolute Gasteiger partial charge is 0.451 e. The summed E-state index contributed by atoms with van der Waals surface area (Å²) >= 11 is 0. The summed E-state index contributed by atoms with van der Waals surface area (Å²) in [6, 6.07) is 0. The summed E-state index contributed by atoms with van der Waals surface area (Å²) in [5.74, 6) is 1.10. The Morgan fingerprint density at radius 3 is 2.43 bits per heavy atom. The van der Waals surface area contributed by atoms with Gasteiger partial charge in [-0.2, -0.15) is 0 Å². The molecule has 0 aromatic carbocycles. The summed E-state index contributed by atoms with van der Waals surface area (Å²) < 4.78 is 5.82. The fourth-order valence-electron chi connectivity index (χ4n) is 7.63. The van der Waals surface area contributed by atoms with E-state index in [0.717, 1.165) is 37.7 Å². The molecule has 0 aromatic rings. The first-order valence-electron chi connectivity index (χ1n) is 10.7. The lowest BCUT2D eigenvalue weighted by Crippen LogP contribution is -2.58. The zero-order valence-electron chi connectivity index (χ0n) is 17.6. The molecule has 28 heavy (non-hydrogen) atoms. The molecule has 4 aliphatic carbocycles. The van der Waals surface area contributed by atoms with Crippen LogP contribution in [0.5, 0.6) is 0 Å². The predicted molar refractivity (Wildman–Crippen MR) is 106 cm³/mol. The van der Waals surface area contributed by atoms with Crippen molar-refractivity contribution in [3.63, 3.8) is 0 Å². The van der Waals surface area contributed by atoms with Crippen LogP contribution in [-0.2, 0) is 19.1 Å². The number of ether oxygens (including phenoxy) is 1. The zero-order chi connectivity index (χ0) is 20.5. The van der Waals surface area contributed by atoms with E-state index in [9.17, 15) is 14.4 Å². The first-order valence-corrected chi connectivity index (χ1v) is 10.7. The van der Waals surface area contributed by atoms with E-state index in [-0.39, 0.29) is 28.4 Å². The third kappa shape index (κ3) is 2.39. The molecule has 152 valence electrons. The van der Waals surface area contributed by atoms with Crippen LogP contribution in [0.15, 0.2) is 23.8 Å². The number of hydrogen-bond donors (Lipinski definition) is 0. The quantitative estimate of drug-likeness (QED) is 0.654. The highest BCUT2D eigenvalue weighted by molar-refractivity contribution is 5.92. The van der Waals surface area contributed by atoms with Gasteiger partial charge < -0.3 is 4.74 Å². The number of carbonyl (C=O) groups is 3. The highest BCUT2D eigenvalue weighted by Gasteiger charge is 2.68. The van der Waals surface area contributed by atoms with Gasteiger partial charge in [-0.05, 0) is 80.3 Å². The Morgan fingerprint density at radius 1 is 1.11 bits per heavy atom. The molecule has 4 heteroatoms. The SMILES string of the molecule is C=C1CC2C(CC[C@@]3(C)C2CC[C@@]3(OC(C)=O)C(C)=O)[C@@]2(C)CCC(=O)C=C12. The van der Waals surface area contributed by atoms with Crippen LogP contribution < -0.4 is 0 Å². The number of esters is 1. The van der Waals surface area contributed by atoms with Gasteiger partial charge in [0.25, 0.3) is 0 Å². The second-order valence-corrected chi connectivity index (χ2v) is 10.1. The molecule has 6 atom stereocenters. The summed E-state index contributed by atoms with van der Waals surface area (Å²) in [6.07, 6.45) is 7.66. The van der Waals surface area contributed by atoms with Crippen molar-refractivity contribution in [1.82, 2.24) is 0 Å². The molecule has 0 saturated heterocycles. The van der Waals surface area contributed by atoms with Crippen LogP contribution in [0.3, 0.4) is 0 Å². The van der Waals surface area contributed by atoms with Crippen molar-refractivity contribution in [1.29, 1.82) is 0 Å². The van der Waals surface area contributed by atoms with Gasteiger partial charge in [0.15, 0.2) is 17.2 Å². The lowest BCUT2D eigenvalue weighted by atomic mass is 9.45. The lowest BCUT2D eigenvalue weighted by Gasteiger charge is -2.59. The number of allylic oxidation sites excluding steroid dienone is 2. The fraction of sp³-hybridized carbons (Fsp3) is 0.708. The molecule has 0 N–H and O–H groups in total. The van der Waals surface area contributed by atoms with Gasteiger partial charge in [-0.25, -0.2) is 0 Å². The van der Waals surface area contributed by atoms with Crippen molar-refractivity contribution < 1.29 is 19.1 Å². The maximum Gasteiger partial charge on any atom is 0.303 e. The molecule has 4 aliphatic rings. The smallest absolute Gasteiger partial charge is 0.303 e. The summed E-state index contributed by atoms with van der Waals surface area (Å²) in [6.45, 7) is 11.8. The van der Waals surface area contributed by atoms with Crippen molar-refractivity contribution in [3.8, 4) is 0 Å². The number of carbonyl (C=O) groups excluding carboxylic acids is 3. The highest BCUT2D eigenvalue weighted by atomic mass is 16.6. The van der Waals surface area contributed by atoms with Crippen molar-refractivity contribution in [2.24, 2.45) is 28.6 Å². The van der Waals surface area contributed by atoms with Crippen molar-refractivity contribution in [3.05, 3.63) is 23.8 Å². The minimum Gasteiger partial charge on any atom is -0.451 e. The van der Waals surface area contributed by atoms with E-state index in [0.29, 0.717) is 30.6 Å². The van der Waals surface area contributed by atoms with Gasteiger partial charge in [-0.3, -0.25) is 14.4 Å². The Morgan fingerprint density at radius 2 is 1.79 bits per heavy atom. The third-order valence-electron chi connectivity index (χ3n) is 8.94. The van der Waals surface area contributed by atoms with Gasteiger partial charge in [0, 0.05) is 18.8 Å². The molecule has 3 saturated carbocycles. The Balaban J connectivity index is 1.75. The minimum atomic E-state index is -0.991. The Kier molecular flexibility index (Phi) is 4.30. The first-order chi connectivity index (χ1) is 13.0. The molecule has 0 aliphatic heterocycles. The Bertz CT molecular complexity index is 807. The predicted octanol–water partition coefficient (Wildman–Crippen LogP) is 4.58. The summed E-state index contributed by atoms with van der Waals surface area (Å²) in [4.78, 5) is 36.7. The molecule has 0 heterocycles. The van der Waals surface area contributed by atoms with E-state index < -0.39 is 5.60 Å². The molecule has 4 nitrogen and oxygen atoms in total. The molecule has 0 amide bonds. The molecule has 0 bridgehead atoms. The summed E-state index contributed by atoms with van der Waals surface area (Å²) in [5, 5.41) is 0. The number of hydrogen-bond acceptors (Lipinski definition) is 4. The average molecular weight is 385 g/mol. The van der Waals surface area contributed by atoms with Gasteiger partial charge in [0.2, 0.25) is 0 Å². The molecule has 3 fully saturated rings. The van der Waals surface area contributed by atoms with Gasteiger partial charge >= 0.3 is 5.97 Å². The highest BCUT2D eigenvalue weighted by Crippen LogP contribution is 2.68. The van der Waals surface area contributed by atoms with Crippen LogP contribution in [0.25, 0.3) is 0 Å². The monoisotopic (exact) mass is 384 g/mol. The Hall–Kier alpha value is -1.71. The summed E-state index contributed by atoms with van der Waals surface area (Å²) in [5.41, 5.74) is 0.944. The number of Topliss-reactive ketones (excluding diaryl/α,β-unsaturated/α-hetero) is 1. The van der Waals surface area contributed by atoms with Gasteiger partial charge in [0.05, 0.1) is 0 Å². The minimum absolute atomic E-state index is 0.00184. The van der Waals surface area contributed by atoms with E-state index in [2.05, 4.69) is 20.4 Å². The maximum absolute atomic E-state index is 12.8. The van der Waals surface area contributed by atoms with Crippen molar-refractivity contribution >= 4 is 17.5 Å². The summed E-state index contributed by atoms with van der Waals surface area (Å²) in [7, 11) is 0. The normalized spacial score (nSPS) is 44.9. The van der Waals surface area contributed by atoms with E-state index in [1.807, 2.05) is 6.08 Å². The zero-order valence-corrected chi connectivity index (χ0v) is 17.6. The molecule has 3 unspecified atom stereocenters. The van der Waals surface area contributed by atoms with Crippen LogP contribution in [0, 0.1) is 28.6 Å². The van der Waals surface area contributed by atoms with Crippen LogP contribution in [-0.4, -0.2) is 23.1 Å². The molecule has 0 radical (unpaired) electrons. The molecule has 0 aromatic heterocycles. The van der Waals surface area contributed by atoms with Crippen molar-refractivity contribution in [2.45, 2.75) is 78.2 Å².